The van der Waals surface area contributed by atoms with Crippen molar-refractivity contribution in [3.63, 3.8) is 0 Å². The second kappa shape index (κ2) is 7.38. The average molecular weight is 419 g/mol. The molecule has 0 N–H and O–H groups in total. The van der Waals surface area contributed by atoms with Crippen molar-refractivity contribution in [2.45, 2.75) is 13.0 Å². The topological polar surface area (TPSA) is 99.7 Å². The van der Waals surface area contributed by atoms with Crippen LogP contribution in [-0.4, -0.2) is 66.5 Å². The van der Waals surface area contributed by atoms with Crippen LogP contribution in [0.1, 0.15) is 16.2 Å². The van der Waals surface area contributed by atoms with E-state index in [0.29, 0.717) is 30.4 Å². The molecule has 0 bridgehead atoms. The monoisotopic (exact) mass is 419 g/mol. The first-order valence-electron chi connectivity index (χ1n) is 9.83. The van der Waals surface area contributed by atoms with Gasteiger partial charge in [-0.05, 0) is 25.1 Å². The molecule has 0 atom stereocenters. The molecular formula is C21H21N7O3. The van der Waals surface area contributed by atoms with Crippen molar-refractivity contribution in [3.8, 4) is 22.9 Å². The van der Waals surface area contributed by atoms with Crippen molar-refractivity contribution < 1.29 is 14.3 Å². The first-order chi connectivity index (χ1) is 15.0. The van der Waals surface area contributed by atoms with Gasteiger partial charge in [-0.1, -0.05) is 12.1 Å². The molecule has 0 unspecified atom stereocenters. The summed E-state index contributed by atoms with van der Waals surface area (Å²) < 4.78 is 14.5. The molecular weight excluding hydrogens is 398 g/mol. The van der Waals surface area contributed by atoms with Gasteiger partial charge in [0.2, 0.25) is 5.88 Å². The Labute approximate surface area is 178 Å². The van der Waals surface area contributed by atoms with E-state index in [1.807, 2.05) is 37.3 Å². The van der Waals surface area contributed by atoms with Crippen LogP contribution in [-0.2, 0) is 7.05 Å². The second-order valence-corrected chi connectivity index (χ2v) is 7.43. The SMILES string of the molecule is COc1cccc(-c2cc(C(=O)N3CC(Oc4cc(C)nc5ncnn45)C3)n(C)n2)c1. The zero-order valence-electron chi connectivity index (χ0n) is 17.4. The maximum Gasteiger partial charge on any atom is 0.272 e. The van der Waals surface area contributed by atoms with Gasteiger partial charge in [-0.25, -0.2) is 4.98 Å². The third-order valence-electron chi connectivity index (χ3n) is 5.23. The number of methoxy groups -OCH3 is 1. The molecule has 0 radical (unpaired) electrons. The number of likely N-dealkylation sites (tertiary alicyclic amines) is 1. The molecule has 3 aromatic heterocycles. The van der Waals surface area contributed by atoms with Crippen LogP contribution in [0.25, 0.3) is 17.0 Å². The molecule has 4 aromatic rings. The van der Waals surface area contributed by atoms with Crippen LogP contribution in [0.3, 0.4) is 0 Å². The molecule has 158 valence electrons. The van der Waals surface area contributed by atoms with Crippen LogP contribution in [0.15, 0.2) is 42.7 Å². The van der Waals surface area contributed by atoms with Gasteiger partial charge < -0.3 is 14.4 Å². The zero-order valence-corrected chi connectivity index (χ0v) is 17.4. The van der Waals surface area contributed by atoms with Gasteiger partial charge in [0, 0.05) is 24.4 Å². The normalized spacial score (nSPS) is 14.0. The number of aryl methyl sites for hydroxylation is 2. The van der Waals surface area contributed by atoms with Crippen LogP contribution in [0.5, 0.6) is 11.6 Å². The van der Waals surface area contributed by atoms with E-state index in [1.165, 1.54) is 6.33 Å². The van der Waals surface area contributed by atoms with E-state index in [1.54, 1.807) is 34.3 Å². The van der Waals surface area contributed by atoms with Crippen molar-refractivity contribution >= 4 is 11.7 Å². The van der Waals surface area contributed by atoms with Crippen molar-refractivity contribution in [2.75, 3.05) is 20.2 Å². The minimum absolute atomic E-state index is 0.0826. The summed E-state index contributed by atoms with van der Waals surface area (Å²) in [5.41, 5.74) is 2.93. The fourth-order valence-electron chi connectivity index (χ4n) is 3.58. The molecule has 1 aliphatic rings. The molecule has 0 aliphatic carbocycles. The molecule has 0 saturated carbocycles. The summed E-state index contributed by atoms with van der Waals surface area (Å²) in [6.07, 6.45) is 1.32. The molecule has 1 fully saturated rings. The van der Waals surface area contributed by atoms with E-state index in [2.05, 4.69) is 20.2 Å². The highest BCUT2D eigenvalue weighted by molar-refractivity contribution is 5.94. The Hall–Kier alpha value is -3.95. The molecule has 5 rings (SSSR count). The molecule has 1 amide bonds. The number of nitrogens with zero attached hydrogens (tertiary/aromatic N) is 7. The first kappa shape index (κ1) is 19.0. The van der Waals surface area contributed by atoms with Crippen molar-refractivity contribution in [1.82, 2.24) is 34.3 Å². The lowest BCUT2D eigenvalue weighted by Crippen LogP contribution is -2.56. The van der Waals surface area contributed by atoms with Crippen LogP contribution < -0.4 is 9.47 Å². The minimum atomic E-state index is -0.121. The lowest BCUT2D eigenvalue weighted by molar-refractivity contribution is 0.0142. The Bertz CT molecular complexity index is 1270. The Kier molecular flexibility index (Phi) is 4.54. The van der Waals surface area contributed by atoms with Gasteiger partial charge in [0.25, 0.3) is 11.7 Å². The smallest absolute Gasteiger partial charge is 0.272 e. The second-order valence-electron chi connectivity index (χ2n) is 7.43. The van der Waals surface area contributed by atoms with Crippen molar-refractivity contribution in [3.05, 3.63) is 54.1 Å². The van der Waals surface area contributed by atoms with Crippen LogP contribution >= 0.6 is 0 Å². The van der Waals surface area contributed by atoms with Gasteiger partial charge in [-0.3, -0.25) is 9.48 Å². The van der Waals surface area contributed by atoms with Gasteiger partial charge in [0.15, 0.2) is 0 Å². The highest BCUT2D eigenvalue weighted by Crippen LogP contribution is 2.25. The summed E-state index contributed by atoms with van der Waals surface area (Å²) in [6.45, 7) is 2.84. The molecule has 10 heteroatoms. The number of aromatic nitrogens is 6. The predicted octanol–water partition coefficient (Wildman–Crippen LogP) is 1.75. The average Bonchev–Trinajstić information content (AvgIpc) is 3.36. The summed E-state index contributed by atoms with van der Waals surface area (Å²) in [4.78, 5) is 23.1. The molecule has 10 nitrogen and oxygen atoms in total. The number of hydrogen-bond acceptors (Lipinski definition) is 7. The first-order valence-corrected chi connectivity index (χ1v) is 9.83. The largest absolute Gasteiger partial charge is 0.497 e. The minimum Gasteiger partial charge on any atom is -0.497 e. The fraction of sp³-hybridized carbons (Fsp3) is 0.286. The summed E-state index contributed by atoms with van der Waals surface area (Å²) in [6, 6.07) is 11.2. The molecule has 1 aromatic carbocycles. The van der Waals surface area contributed by atoms with E-state index in [0.717, 1.165) is 22.7 Å². The van der Waals surface area contributed by atoms with Crippen LogP contribution in [0, 0.1) is 6.92 Å². The molecule has 4 heterocycles. The van der Waals surface area contributed by atoms with Crippen molar-refractivity contribution in [2.24, 2.45) is 7.05 Å². The van der Waals surface area contributed by atoms with E-state index in [9.17, 15) is 4.79 Å². The van der Waals surface area contributed by atoms with Gasteiger partial charge in [0.1, 0.15) is 23.9 Å². The molecule has 1 saturated heterocycles. The van der Waals surface area contributed by atoms with Gasteiger partial charge in [-0.15, -0.1) is 0 Å². The number of hydrogen-bond donors (Lipinski definition) is 0. The summed E-state index contributed by atoms with van der Waals surface area (Å²) in [5.74, 6) is 1.72. The highest BCUT2D eigenvalue weighted by atomic mass is 16.5. The Balaban J connectivity index is 1.28. The molecule has 0 spiro atoms. The highest BCUT2D eigenvalue weighted by Gasteiger charge is 2.35. The number of amides is 1. The number of ether oxygens (including phenoxy) is 2. The number of carbonyl (C=O) groups is 1. The molecule has 31 heavy (non-hydrogen) atoms. The maximum atomic E-state index is 13.0. The van der Waals surface area contributed by atoms with E-state index < -0.39 is 0 Å². The summed E-state index contributed by atoms with van der Waals surface area (Å²) in [7, 11) is 3.39. The van der Waals surface area contributed by atoms with Crippen molar-refractivity contribution in [1.29, 1.82) is 0 Å². The van der Waals surface area contributed by atoms with Crippen LogP contribution in [0.2, 0.25) is 0 Å². The standard InChI is InChI=1S/C21H21N7O3/c1-13-7-19(28-21(24-13)22-12-23-28)31-16-10-27(11-16)20(29)18-9-17(25-26(18)2)14-5-4-6-15(8-14)30-3/h4-9,12,16H,10-11H2,1-3H3. The summed E-state index contributed by atoms with van der Waals surface area (Å²) in [5, 5.41) is 8.65. The molecule has 1 aliphatic heterocycles. The maximum absolute atomic E-state index is 13.0. The van der Waals surface area contributed by atoms with Gasteiger partial charge in [0.05, 0.1) is 25.9 Å². The number of rotatable bonds is 5. The Morgan fingerprint density at radius 1 is 1.19 bits per heavy atom. The Morgan fingerprint density at radius 3 is 2.84 bits per heavy atom. The number of carbonyl (C=O) groups excluding carboxylic acids is 1. The zero-order chi connectivity index (χ0) is 21.5. The van der Waals surface area contributed by atoms with E-state index in [4.69, 9.17) is 9.47 Å². The van der Waals surface area contributed by atoms with Crippen LogP contribution in [0.4, 0.5) is 0 Å². The number of fused-ring (bicyclic) bond motifs is 1. The lowest BCUT2D eigenvalue weighted by Gasteiger charge is -2.38. The van der Waals surface area contributed by atoms with E-state index in [-0.39, 0.29) is 12.0 Å². The quantitative estimate of drug-likeness (QED) is 0.486. The Morgan fingerprint density at radius 2 is 2.03 bits per heavy atom. The van der Waals surface area contributed by atoms with Gasteiger partial charge >= 0.3 is 0 Å². The number of benzene rings is 1. The predicted molar refractivity (Wildman–Crippen MR) is 111 cm³/mol. The third kappa shape index (κ3) is 3.45. The summed E-state index contributed by atoms with van der Waals surface area (Å²) >= 11 is 0. The fourth-order valence-corrected chi connectivity index (χ4v) is 3.58. The third-order valence-corrected chi connectivity index (χ3v) is 5.23. The van der Waals surface area contributed by atoms with Gasteiger partial charge in [-0.2, -0.15) is 19.7 Å². The van der Waals surface area contributed by atoms with E-state index >= 15 is 0 Å². The lowest BCUT2D eigenvalue weighted by atomic mass is 10.1.